The van der Waals surface area contributed by atoms with E-state index in [9.17, 15) is 16.8 Å². The molecule has 0 aromatic heterocycles. The summed E-state index contributed by atoms with van der Waals surface area (Å²) in [5, 5.41) is 10.7. The van der Waals surface area contributed by atoms with E-state index >= 15 is 0 Å². The quantitative estimate of drug-likeness (QED) is 0.212. The van der Waals surface area contributed by atoms with E-state index in [-0.39, 0.29) is 12.4 Å². The van der Waals surface area contributed by atoms with Gasteiger partial charge in [0.2, 0.25) is 10.0 Å². The van der Waals surface area contributed by atoms with Gasteiger partial charge in [-0.1, -0.05) is 5.16 Å². The van der Waals surface area contributed by atoms with E-state index in [1.54, 1.807) is 0 Å². The molecule has 0 amide bonds. The number of amidine groups is 1. The van der Waals surface area contributed by atoms with Crippen molar-refractivity contribution < 1.29 is 22.0 Å². The molecule has 90 valence electrons. The highest BCUT2D eigenvalue weighted by Crippen LogP contribution is 1.89. The Balaban J connectivity index is 4.22. The van der Waals surface area contributed by atoms with Crippen molar-refractivity contribution in [2.45, 2.75) is 0 Å². The molecule has 0 bridgehead atoms. The Morgan fingerprint density at radius 1 is 1.33 bits per heavy atom. The van der Waals surface area contributed by atoms with Gasteiger partial charge in [0.25, 0.3) is 0 Å². The SMILES string of the molecule is CS(=O)(=O)CCS(=O)(=O)NCC(N)=NO. The third-order valence-electron chi connectivity index (χ3n) is 1.32. The van der Waals surface area contributed by atoms with Crippen molar-refractivity contribution in [1.82, 2.24) is 4.72 Å². The number of nitrogens with zero attached hydrogens (tertiary/aromatic N) is 1. The van der Waals surface area contributed by atoms with Gasteiger partial charge in [0, 0.05) is 6.26 Å². The number of nitrogens with one attached hydrogen (secondary N) is 1. The predicted molar refractivity (Wildman–Crippen MR) is 54.9 cm³/mol. The van der Waals surface area contributed by atoms with Crippen molar-refractivity contribution in [3.8, 4) is 0 Å². The zero-order valence-electron chi connectivity index (χ0n) is 8.04. The second-order valence-corrected chi connectivity index (χ2v) is 7.05. The first-order chi connectivity index (χ1) is 6.66. The van der Waals surface area contributed by atoms with Gasteiger partial charge in [-0.2, -0.15) is 0 Å². The fourth-order valence-corrected chi connectivity index (χ4v) is 3.15. The van der Waals surface area contributed by atoms with Gasteiger partial charge in [-0.05, 0) is 0 Å². The molecule has 0 aliphatic carbocycles. The van der Waals surface area contributed by atoms with Crippen molar-refractivity contribution in [3.63, 3.8) is 0 Å². The molecule has 0 spiro atoms. The summed E-state index contributed by atoms with van der Waals surface area (Å²) in [5.74, 6) is -1.33. The lowest BCUT2D eigenvalue weighted by atomic mass is 10.6. The van der Waals surface area contributed by atoms with Crippen LogP contribution < -0.4 is 10.5 Å². The van der Waals surface area contributed by atoms with Crippen LogP contribution in [0.15, 0.2) is 5.16 Å². The molecule has 0 atom stereocenters. The number of sulfonamides is 1. The summed E-state index contributed by atoms with van der Waals surface area (Å²) in [6, 6.07) is 0. The Labute approximate surface area is 88.1 Å². The third kappa shape index (κ3) is 8.15. The highest BCUT2D eigenvalue weighted by atomic mass is 32.2. The Morgan fingerprint density at radius 2 is 1.87 bits per heavy atom. The van der Waals surface area contributed by atoms with Gasteiger partial charge >= 0.3 is 0 Å². The fraction of sp³-hybridized carbons (Fsp3) is 0.800. The average molecular weight is 259 g/mol. The first-order valence-electron chi connectivity index (χ1n) is 3.78. The summed E-state index contributed by atoms with van der Waals surface area (Å²) in [4.78, 5) is 0. The van der Waals surface area contributed by atoms with Gasteiger partial charge in [0.05, 0.1) is 18.1 Å². The van der Waals surface area contributed by atoms with Gasteiger partial charge in [-0.3, -0.25) is 0 Å². The summed E-state index contributed by atoms with van der Waals surface area (Å²) >= 11 is 0. The smallest absolute Gasteiger partial charge is 0.213 e. The van der Waals surface area contributed by atoms with Crippen molar-refractivity contribution in [1.29, 1.82) is 0 Å². The van der Waals surface area contributed by atoms with Crippen LogP contribution in [0.4, 0.5) is 0 Å². The topological polar surface area (TPSA) is 139 Å². The van der Waals surface area contributed by atoms with Crippen molar-refractivity contribution in [3.05, 3.63) is 0 Å². The maximum Gasteiger partial charge on any atom is 0.213 e. The zero-order valence-corrected chi connectivity index (χ0v) is 9.68. The molecule has 0 saturated carbocycles. The molecule has 15 heavy (non-hydrogen) atoms. The first kappa shape index (κ1) is 14.1. The van der Waals surface area contributed by atoms with Crippen molar-refractivity contribution in [2.75, 3.05) is 24.3 Å². The molecule has 0 heterocycles. The predicted octanol–water partition coefficient (Wildman–Crippen LogP) is -2.30. The highest BCUT2D eigenvalue weighted by molar-refractivity contribution is 7.93. The van der Waals surface area contributed by atoms with Crippen LogP contribution in [-0.4, -0.2) is 52.2 Å². The number of hydrogen-bond acceptors (Lipinski definition) is 6. The van der Waals surface area contributed by atoms with Crippen LogP contribution in [0.25, 0.3) is 0 Å². The molecular formula is C5H13N3O5S2. The molecule has 0 unspecified atom stereocenters. The molecule has 10 heteroatoms. The first-order valence-corrected chi connectivity index (χ1v) is 7.49. The molecule has 8 nitrogen and oxygen atoms in total. The van der Waals surface area contributed by atoms with Crippen LogP contribution in [-0.2, 0) is 19.9 Å². The van der Waals surface area contributed by atoms with Gasteiger partial charge in [0.1, 0.15) is 9.84 Å². The average Bonchev–Trinajstić information content (AvgIpc) is 2.10. The molecule has 4 N–H and O–H groups in total. The summed E-state index contributed by atoms with van der Waals surface area (Å²) in [5.41, 5.74) is 5.02. The number of rotatable bonds is 6. The second-order valence-electron chi connectivity index (χ2n) is 2.86. The lowest BCUT2D eigenvalue weighted by Gasteiger charge is -2.04. The zero-order chi connectivity index (χ0) is 12.1. The molecule has 0 fully saturated rings. The van der Waals surface area contributed by atoms with Crippen LogP contribution in [0, 0.1) is 0 Å². The van der Waals surface area contributed by atoms with E-state index < -0.39 is 31.4 Å². The largest absolute Gasteiger partial charge is 0.409 e. The van der Waals surface area contributed by atoms with E-state index in [0.29, 0.717) is 0 Å². The molecule has 0 aromatic rings. The fourth-order valence-electron chi connectivity index (χ4n) is 0.553. The van der Waals surface area contributed by atoms with Crippen LogP contribution in [0.1, 0.15) is 0 Å². The summed E-state index contributed by atoms with van der Waals surface area (Å²) in [6.45, 7) is -0.359. The molecule has 0 aliphatic rings. The minimum atomic E-state index is -3.72. The van der Waals surface area contributed by atoms with E-state index in [0.717, 1.165) is 6.26 Å². The van der Waals surface area contributed by atoms with E-state index in [2.05, 4.69) is 5.16 Å². The Bertz CT molecular complexity index is 424. The normalized spacial score (nSPS) is 14.1. The third-order valence-corrected chi connectivity index (χ3v) is 3.85. The Hall–Kier alpha value is -0.870. The van der Waals surface area contributed by atoms with Gasteiger partial charge in [-0.25, -0.2) is 21.6 Å². The molecule has 0 aromatic carbocycles. The van der Waals surface area contributed by atoms with Gasteiger partial charge in [-0.15, -0.1) is 0 Å². The highest BCUT2D eigenvalue weighted by Gasteiger charge is 2.14. The van der Waals surface area contributed by atoms with Crippen molar-refractivity contribution >= 4 is 25.7 Å². The summed E-state index contributed by atoms with van der Waals surface area (Å²) in [6.07, 6.45) is 0.937. The number of sulfone groups is 1. The van der Waals surface area contributed by atoms with E-state index in [1.165, 1.54) is 0 Å². The van der Waals surface area contributed by atoms with Gasteiger partial charge < -0.3 is 10.9 Å². The second kappa shape index (κ2) is 5.28. The minimum Gasteiger partial charge on any atom is -0.409 e. The van der Waals surface area contributed by atoms with E-state index in [1.807, 2.05) is 4.72 Å². The van der Waals surface area contributed by atoms with Crippen LogP contribution in [0.2, 0.25) is 0 Å². The summed E-state index contributed by atoms with van der Waals surface area (Å²) < 4.78 is 45.6. The maximum atomic E-state index is 11.1. The lowest BCUT2D eigenvalue weighted by Crippen LogP contribution is -2.36. The molecule has 0 rings (SSSR count). The monoisotopic (exact) mass is 259 g/mol. The molecule has 0 saturated heterocycles. The van der Waals surface area contributed by atoms with Crippen LogP contribution in [0.3, 0.4) is 0 Å². The number of oxime groups is 1. The Morgan fingerprint density at radius 3 is 2.27 bits per heavy atom. The minimum absolute atomic E-state index is 0.307. The van der Waals surface area contributed by atoms with Crippen molar-refractivity contribution in [2.24, 2.45) is 10.9 Å². The number of hydrogen-bond donors (Lipinski definition) is 3. The molecule has 0 radical (unpaired) electrons. The maximum absolute atomic E-state index is 11.1. The standard InChI is InChI=1S/C5H13N3O5S2/c1-14(10,11)2-3-15(12,13)7-4-5(6)8-9/h7,9H,2-4H2,1H3,(H2,6,8). The van der Waals surface area contributed by atoms with E-state index in [4.69, 9.17) is 10.9 Å². The van der Waals surface area contributed by atoms with Gasteiger partial charge in [0.15, 0.2) is 5.84 Å². The molecule has 0 aliphatic heterocycles. The van der Waals surface area contributed by atoms with Crippen LogP contribution >= 0.6 is 0 Å². The lowest BCUT2D eigenvalue weighted by molar-refractivity contribution is 0.317. The van der Waals surface area contributed by atoms with Crippen LogP contribution in [0.5, 0.6) is 0 Å². The summed E-state index contributed by atoms with van der Waals surface area (Å²) in [7, 11) is -7.05. The molecular weight excluding hydrogens is 246 g/mol. The Kier molecular flexibility index (Phi) is 4.97. The number of nitrogens with two attached hydrogens (primary N) is 1.